The highest BCUT2D eigenvalue weighted by Crippen LogP contribution is 2.36. The van der Waals surface area contributed by atoms with Crippen molar-refractivity contribution in [3.05, 3.63) is 35.6 Å². The van der Waals surface area contributed by atoms with E-state index in [1.165, 1.54) is 0 Å². The first-order chi connectivity index (χ1) is 14.0. The second kappa shape index (κ2) is 8.65. The van der Waals surface area contributed by atoms with Gasteiger partial charge in [-0.15, -0.1) is 10.2 Å². The Hall–Kier alpha value is -1.96. The second-order valence-electron chi connectivity index (χ2n) is 9.49. The molecule has 0 saturated heterocycles. The van der Waals surface area contributed by atoms with E-state index in [1.807, 2.05) is 24.4 Å². The van der Waals surface area contributed by atoms with E-state index in [-0.39, 0.29) is 11.1 Å². The minimum atomic E-state index is 0.00562. The molecule has 6 nitrogen and oxygen atoms in total. The van der Waals surface area contributed by atoms with Gasteiger partial charge < -0.3 is 10.2 Å². The highest BCUT2D eigenvalue weighted by molar-refractivity contribution is 7.18. The molecule has 3 rings (SSSR count). The average Bonchev–Trinajstić information content (AvgIpc) is 3.30. The van der Waals surface area contributed by atoms with Crippen molar-refractivity contribution < 1.29 is 0 Å². The SMILES string of the molecule is CC(CC(C)(C)NC(C)(C)C)N(C)c1nnc(-c2ccc(-c3cn[nH]c3)cc2Cl)s1. The molecular formula is C22H31ClN6S. The number of benzene rings is 1. The summed E-state index contributed by atoms with van der Waals surface area (Å²) >= 11 is 8.13. The van der Waals surface area contributed by atoms with E-state index >= 15 is 0 Å². The number of aromatic amines is 1. The molecule has 2 aromatic heterocycles. The lowest BCUT2D eigenvalue weighted by Gasteiger charge is -2.38. The summed E-state index contributed by atoms with van der Waals surface area (Å²) in [7, 11) is 2.08. The maximum absolute atomic E-state index is 6.57. The van der Waals surface area contributed by atoms with Gasteiger partial charge in [-0.2, -0.15) is 5.10 Å². The smallest absolute Gasteiger partial charge is 0.208 e. The van der Waals surface area contributed by atoms with Gasteiger partial charge in [0.25, 0.3) is 0 Å². The highest BCUT2D eigenvalue weighted by atomic mass is 35.5. The van der Waals surface area contributed by atoms with Crippen molar-refractivity contribution in [2.45, 2.75) is 65.1 Å². The van der Waals surface area contributed by atoms with Crippen molar-refractivity contribution in [1.82, 2.24) is 25.7 Å². The van der Waals surface area contributed by atoms with E-state index in [0.717, 1.165) is 33.3 Å². The van der Waals surface area contributed by atoms with Crippen LogP contribution in [0.25, 0.3) is 21.7 Å². The van der Waals surface area contributed by atoms with Crippen LogP contribution in [0.1, 0.15) is 48.0 Å². The number of H-pyrrole nitrogens is 1. The summed E-state index contributed by atoms with van der Waals surface area (Å²) in [5.41, 5.74) is 2.98. The molecule has 0 aliphatic carbocycles. The van der Waals surface area contributed by atoms with Gasteiger partial charge in [-0.1, -0.05) is 29.0 Å². The Morgan fingerprint density at radius 1 is 1.17 bits per heavy atom. The van der Waals surface area contributed by atoms with Gasteiger partial charge in [-0.05, 0) is 65.7 Å². The molecule has 30 heavy (non-hydrogen) atoms. The van der Waals surface area contributed by atoms with E-state index in [2.05, 4.69) is 79.2 Å². The normalized spacial score (nSPS) is 13.5. The van der Waals surface area contributed by atoms with Crippen molar-refractivity contribution in [3.8, 4) is 21.7 Å². The zero-order chi connectivity index (χ0) is 22.1. The van der Waals surface area contributed by atoms with Crippen LogP contribution in [-0.4, -0.2) is 44.6 Å². The first-order valence-corrected chi connectivity index (χ1v) is 11.3. The van der Waals surface area contributed by atoms with Gasteiger partial charge in [-0.3, -0.25) is 5.10 Å². The van der Waals surface area contributed by atoms with Gasteiger partial charge in [0.05, 0.1) is 11.2 Å². The van der Waals surface area contributed by atoms with E-state index in [9.17, 15) is 0 Å². The molecule has 2 N–H and O–H groups in total. The summed E-state index contributed by atoms with van der Waals surface area (Å²) in [5, 5.41) is 21.7. The van der Waals surface area contributed by atoms with E-state index in [0.29, 0.717) is 11.1 Å². The molecule has 2 heterocycles. The molecule has 1 unspecified atom stereocenters. The summed E-state index contributed by atoms with van der Waals surface area (Å²) in [6, 6.07) is 6.26. The van der Waals surface area contributed by atoms with Gasteiger partial charge in [0.2, 0.25) is 5.13 Å². The van der Waals surface area contributed by atoms with Crippen LogP contribution in [0, 0.1) is 0 Å². The third-order valence-electron chi connectivity index (χ3n) is 4.93. The molecule has 0 bridgehead atoms. The Labute approximate surface area is 188 Å². The quantitative estimate of drug-likeness (QED) is 0.492. The molecule has 0 fully saturated rings. The zero-order valence-corrected chi connectivity index (χ0v) is 20.3. The van der Waals surface area contributed by atoms with Crippen LogP contribution in [0.3, 0.4) is 0 Å². The predicted octanol–water partition coefficient (Wildman–Crippen LogP) is 5.63. The molecule has 0 spiro atoms. The lowest BCUT2D eigenvalue weighted by Crippen LogP contribution is -2.53. The highest BCUT2D eigenvalue weighted by Gasteiger charge is 2.28. The minimum Gasteiger partial charge on any atom is -0.347 e. The van der Waals surface area contributed by atoms with Gasteiger partial charge in [-0.25, -0.2) is 0 Å². The van der Waals surface area contributed by atoms with Gasteiger partial charge in [0, 0.05) is 41.5 Å². The molecule has 1 aromatic carbocycles. The number of aromatic nitrogens is 4. The van der Waals surface area contributed by atoms with Gasteiger partial charge in [0.1, 0.15) is 0 Å². The van der Waals surface area contributed by atoms with Crippen molar-refractivity contribution in [2.24, 2.45) is 0 Å². The summed E-state index contributed by atoms with van der Waals surface area (Å²) in [5.74, 6) is 0. The van der Waals surface area contributed by atoms with Crippen LogP contribution in [0.5, 0.6) is 0 Å². The second-order valence-corrected chi connectivity index (χ2v) is 10.9. The standard InChI is InChI=1S/C22H31ClN6S/c1-14(11-22(5,6)28-21(2,3)4)29(7)20-27-26-19(30-20)17-9-8-15(10-18(17)23)16-12-24-25-13-16/h8-10,12-14,28H,11H2,1-7H3,(H,24,25). The zero-order valence-electron chi connectivity index (χ0n) is 18.7. The maximum atomic E-state index is 6.57. The number of hydrogen-bond acceptors (Lipinski definition) is 6. The molecule has 0 radical (unpaired) electrons. The van der Waals surface area contributed by atoms with Crippen LogP contribution in [0.2, 0.25) is 5.02 Å². The topological polar surface area (TPSA) is 69.7 Å². The summed E-state index contributed by atoms with van der Waals surface area (Å²) < 4.78 is 0. The monoisotopic (exact) mass is 446 g/mol. The average molecular weight is 447 g/mol. The van der Waals surface area contributed by atoms with Crippen LogP contribution < -0.4 is 10.2 Å². The third-order valence-corrected chi connectivity index (χ3v) is 6.29. The number of hydrogen-bond donors (Lipinski definition) is 2. The molecule has 162 valence electrons. The number of anilines is 1. The summed E-state index contributed by atoms with van der Waals surface area (Å²) in [6.45, 7) is 13.3. The maximum Gasteiger partial charge on any atom is 0.208 e. The molecule has 3 aromatic rings. The molecule has 8 heteroatoms. The number of rotatable bonds is 7. The first-order valence-electron chi connectivity index (χ1n) is 10.1. The van der Waals surface area contributed by atoms with Crippen molar-refractivity contribution >= 4 is 28.1 Å². The molecule has 0 saturated carbocycles. The first kappa shape index (κ1) is 22.7. The summed E-state index contributed by atoms with van der Waals surface area (Å²) in [6.07, 6.45) is 4.61. The van der Waals surface area contributed by atoms with Gasteiger partial charge >= 0.3 is 0 Å². The fraction of sp³-hybridized carbons (Fsp3) is 0.500. The Bertz CT molecular complexity index is 974. The lowest BCUT2D eigenvalue weighted by atomic mass is 9.92. The number of nitrogens with one attached hydrogen (secondary N) is 2. The number of nitrogens with zero attached hydrogens (tertiary/aromatic N) is 4. The Morgan fingerprint density at radius 2 is 1.90 bits per heavy atom. The lowest BCUT2D eigenvalue weighted by molar-refractivity contribution is 0.255. The van der Waals surface area contributed by atoms with Crippen LogP contribution in [-0.2, 0) is 0 Å². The van der Waals surface area contributed by atoms with Crippen molar-refractivity contribution in [3.63, 3.8) is 0 Å². The van der Waals surface area contributed by atoms with E-state index < -0.39 is 0 Å². The fourth-order valence-corrected chi connectivity index (χ4v) is 5.15. The molecule has 0 amide bonds. The van der Waals surface area contributed by atoms with E-state index in [1.54, 1.807) is 17.5 Å². The van der Waals surface area contributed by atoms with Crippen LogP contribution >= 0.6 is 22.9 Å². The molecule has 0 aliphatic rings. The van der Waals surface area contributed by atoms with Crippen molar-refractivity contribution in [2.75, 3.05) is 11.9 Å². The largest absolute Gasteiger partial charge is 0.347 e. The Balaban J connectivity index is 1.74. The molecule has 1 atom stereocenters. The molecule has 0 aliphatic heterocycles. The van der Waals surface area contributed by atoms with Crippen LogP contribution in [0.15, 0.2) is 30.6 Å². The Kier molecular flexibility index (Phi) is 6.55. The number of halogens is 1. The Morgan fingerprint density at radius 3 is 2.50 bits per heavy atom. The van der Waals surface area contributed by atoms with E-state index in [4.69, 9.17) is 11.6 Å². The van der Waals surface area contributed by atoms with Crippen molar-refractivity contribution in [1.29, 1.82) is 0 Å². The predicted molar refractivity (Wildman–Crippen MR) is 127 cm³/mol. The fourth-order valence-electron chi connectivity index (χ4n) is 3.87. The third kappa shape index (κ3) is 5.59. The van der Waals surface area contributed by atoms with Crippen LogP contribution in [0.4, 0.5) is 5.13 Å². The molecular weight excluding hydrogens is 416 g/mol. The van der Waals surface area contributed by atoms with Gasteiger partial charge in [0.15, 0.2) is 5.01 Å². The summed E-state index contributed by atoms with van der Waals surface area (Å²) in [4.78, 5) is 2.20. The minimum absolute atomic E-state index is 0.00562.